The fraction of sp³-hybridized carbons (Fsp3) is 0.867. The van der Waals surface area contributed by atoms with E-state index in [-0.39, 0.29) is 0 Å². The maximum atomic E-state index is 4.12. The highest BCUT2D eigenvalue weighted by Crippen LogP contribution is 2.31. The number of rotatable bonds is 7. The van der Waals surface area contributed by atoms with Gasteiger partial charge in [-0.3, -0.25) is 0 Å². The molecule has 0 nitrogen and oxygen atoms in total. The maximum absolute atomic E-state index is 4.12. The summed E-state index contributed by atoms with van der Waals surface area (Å²) in [7, 11) is 0. The van der Waals surface area contributed by atoms with Crippen LogP contribution in [0.25, 0.3) is 0 Å². The molecular formula is C15H30. The Morgan fingerprint density at radius 1 is 0.933 bits per heavy atom. The monoisotopic (exact) mass is 210 g/mol. The summed E-state index contributed by atoms with van der Waals surface area (Å²) in [6.07, 6.45) is 3.64. The second kappa shape index (κ2) is 7.09. The van der Waals surface area contributed by atoms with Gasteiger partial charge in [0.15, 0.2) is 0 Å². The molecule has 0 fully saturated rings. The Morgan fingerprint density at radius 3 is 1.80 bits per heavy atom. The van der Waals surface area contributed by atoms with Gasteiger partial charge in [0.05, 0.1) is 0 Å². The van der Waals surface area contributed by atoms with Gasteiger partial charge in [0.2, 0.25) is 0 Å². The smallest absolute Gasteiger partial charge is 0.0295 e. The van der Waals surface area contributed by atoms with E-state index in [0.717, 1.165) is 30.1 Å². The summed E-state index contributed by atoms with van der Waals surface area (Å²) >= 11 is 0. The van der Waals surface area contributed by atoms with Crippen LogP contribution in [0.3, 0.4) is 0 Å². The zero-order valence-corrected chi connectivity index (χ0v) is 11.6. The zero-order valence-electron chi connectivity index (χ0n) is 11.6. The third-order valence-electron chi connectivity index (χ3n) is 4.38. The van der Waals surface area contributed by atoms with E-state index in [1.165, 1.54) is 18.4 Å². The Kier molecular flexibility index (Phi) is 6.96. The molecule has 0 aliphatic carbocycles. The van der Waals surface area contributed by atoms with Gasteiger partial charge in [0.25, 0.3) is 0 Å². The fourth-order valence-corrected chi connectivity index (χ4v) is 2.19. The summed E-state index contributed by atoms with van der Waals surface area (Å²) in [5.74, 6) is 3.26. The normalized spacial score (nSPS) is 19.3. The first-order valence-electron chi connectivity index (χ1n) is 6.60. The van der Waals surface area contributed by atoms with Crippen LogP contribution in [0.15, 0.2) is 12.2 Å². The van der Waals surface area contributed by atoms with Crippen molar-refractivity contribution >= 4 is 0 Å². The molecule has 0 heterocycles. The molecule has 90 valence electrons. The van der Waals surface area contributed by atoms with E-state index in [2.05, 4.69) is 48.1 Å². The van der Waals surface area contributed by atoms with Crippen molar-refractivity contribution in [3.05, 3.63) is 12.2 Å². The molecule has 0 radical (unpaired) electrons. The van der Waals surface area contributed by atoms with Gasteiger partial charge >= 0.3 is 0 Å². The van der Waals surface area contributed by atoms with E-state index in [1.807, 2.05) is 0 Å². The highest BCUT2D eigenvalue weighted by molar-refractivity contribution is 4.94. The van der Waals surface area contributed by atoms with Gasteiger partial charge in [-0.05, 0) is 36.5 Å². The van der Waals surface area contributed by atoms with Crippen LogP contribution in [0.1, 0.15) is 60.8 Å². The topological polar surface area (TPSA) is 0 Å². The third kappa shape index (κ3) is 4.86. The molecule has 0 aliphatic rings. The lowest BCUT2D eigenvalue weighted by atomic mass is 9.75. The molecule has 0 N–H and O–H groups in total. The summed E-state index contributed by atoms with van der Waals surface area (Å²) in [6, 6.07) is 0. The van der Waals surface area contributed by atoms with Gasteiger partial charge in [-0.15, -0.1) is 0 Å². The Morgan fingerprint density at radius 2 is 1.40 bits per heavy atom. The first-order chi connectivity index (χ1) is 6.93. The van der Waals surface area contributed by atoms with E-state index in [9.17, 15) is 0 Å². The standard InChI is InChI=1S/C15H30/c1-8-11(3)10-13(5)15(7)14(6)12(4)9-2/h12-15H,3,8-10H2,1-2,4-7H3. The van der Waals surface area contributed by atoms with Crippen molar-refractivity contribution in [3.63, 3.8) is 0 Å². The number of hydrogen-bond donors (Lipinski definition) is 0. The Bertz CT molecular complexity index is 180. The maximum Gasteiger partial charge on any atom is -0.0295 e. The molecule has 0 saturated carbocycles. The van der Waals surface area contributed by atoms with Crippen molar-refractivity contribution in [2.45, 2.75) is 60.8 Å². The van der Waals surface area contributed by atoms with E-state index < -0.39 is 0 Å². The lowest BCUT2D eigenvalue weighted by Gasteiger charge is -2.30. The highest BCUT2D eigenvalue weighted by atomic mass is 14.3. The first-order valence-corrected chi connectivity index (χ1v) is 6.60. The predicted octanol–water partition coefficient (Wildman–Crippen LogP) is 5.30. The lowest BCUT2D eigenvalue weighted by Crippen LogP contribution is -2.22. The number of hydrogen-bond acceptors (Lipinski definition) is 0. The van der Waals surface area contributed by atoms with Crippen LogP contribution in [-0.4, -0.2) is 0 Å². The Labute approximate surface area is 97.2 Å². The third-order valence-corrected chi connectivity index (χ3v) is 4.38. The summed E-state index contributed by atoms with van der Waals surface area (Å²) in [4.78, 5) is 0. The molecule has 0 rings (SSSR count). The lowest BCUT2D eigenvalue weighted by molar-refractivity contribution is 0.207. The molecule has 0 amide bonds. The van der Waals surface area contributed by atoms with E-state index in [4.69, 9.17) is 0 Å². The molecule has 0 aromatic heterocycles. The van der Waals surface area contributed by atoms with Crippen molar-refractivity contribution in [3.8, 4) is 0 Å². The summed E-state index contributed by atoms with van der Waals surface area (Å²) in [6.45, 7) is 18.2. The van der Waals surface area contributed by atoms with E-state index in [0.29, 0.717) is 0 Å². The van der Waals surface area contributed by atoms with Crippen LogP contribution in [0.2, 0.25) is 0 Å². The minimum atomic E-state index is 0.779. The molecule has 0 spiro atoms. The number of allylic oxidation sites excluding steroid dienone is 1. The Hall–Kier alpha value is -0.260. The van der Waals surface area contributed by atoms with Crippen LogP contribution >= 0.6 is 0 Å². The van der Waals surface area contributed by atoms with Gasteiger partial charge in [-0.1, -0.05) is 60.1 Å². The first kappa shape index (κ1) is 14.7. The molecule has 4 atom stereocenters. The minimum Gasteiger partial charge on any atom is -0.0999 e. The average Bonchev–Trinajstić information content (AvgIpc) is 2.25. The van der Waals surface area contributed by atoms with Gasteiger partial charge in [0.1, 0.15) is 0 Å². The van der Waals surface area contributed by atoms with Crippen molar-refractivity contribution in [1.29, 1.82) is 0 Å². The van der Waals surface area contributed by atoms with Gasteiger partial charge in [0, 0.05) is 0 Å². The molecule has 15 heavy (non-hydrogen) atoms. The van der Waals surface area contributed by atoms with Crippen molar-refractivity contribution in [2.24, 2.45) is 23.7 Å². The molecule has 0 aromatic carbocycles. The van der Waals surface area contributed by atoms with Crippen LogP contribution in [-0.2, 0) is 0 Å². The quantitative estimate of drug-likeness (QED) is 0.500. The summed E-state index contributed by atoms with van der Waals surface area (Å²) in [5, 5.41) is 0. The molecule has 0 aromatic rings. The summed E-state index contributed by atoms with van der Waals surface area (Å²) < 4.78 is 0. The van der Waals surface area contributed by atoms with Crippen molar-refractivity contribution < 1.29 is 0 Å². The second-order valence-electron chi connectivity index (χ2n) is 5.39. The minimum absolute atomic E-state index is 0.779. The largest absolute Gasteiger partial charge is 0.0999 e. The molecule has 0 bridgehead atoms. The molecule has 4 unspecified atom stereocenters. The average molecular weight is 210 g/mol. The molecule has 0 saturated heterocycles. The second-order valence-corrected chi connectivity index (χ2v) is 5.39. The molecular weight excluding hydrogens is 180 g/mol. The molecule has 0 aliphatic heterocycles. The van der Waals surface area contributed by atoms with Crippen LogP contribution in [0.4, 0.5) is 0 Å². The van der Waals surface area contributed by atoms with Crippen LogP contribution < -0.4 is 0 Å². The zero-order chi connectivity index (χ0) is 12.0. The van der Waals surface area contributed by atoms with Crippen LogP contribution in [0, 0.1) is 23.7 Å². The van der Waals surface area contributed by atoms with Gasteiger partial charge in [-0.2, -0.15) is 0 Å². The van der Waals surface area contributed by atoms with Crippen molar-refractivity contribution in [2.75, 3.05) is 0 Å². The van der Waals surface area contributed by atoms with E-state index in [1.54, 1.807) is 0 Å². The van der Waals surface area contributed by atoms with E-state index >= 15 is 0 Å². The predicted molar refractivity (Wildman–Crippen MR) is 71.0 cm³/mol. The van der Waals surface area contributed by atoms with Gasteiger partial charge in [-0.25, -0.2) is 0 Å². The van der Waals surface area contributed by atoms with Crippen molar-refractivity contribution in [1.82, 2.24) is 0 Å². The fourth-order valence-electron chi connectivity index (χ4n) is 2.19. The molecule has 0 heteroatoms. The van der Waals surface area contributed by atoms with Crippen LogP contribution in [0.5, 0.6) is 0 Å². The highest BCUT2D eigenvalue weighted by Gasteiger charge is 2.22. The summed E-state index contributed by atoms with van der Waals surface area (Å²) in [5.41, 5.74) is 1.41. The Balaban J connectivity index is 4.18. The SMILES string of the molecule is C=C(CC)CC(C)C(C)C(C)C(C)CC. The van der Waals surface area contributed by atoms with Gasteiger partial charge < -0.3 is 0 Å².